The van der Waals surface area contributed by atoms with Crippen molar-refractivity contribution in [1.29, 1.82) is 0 Å². The van der Waals surface area contributed by atoms with Crippen LogP contribution in [0.5, 0.6) is 5.75 Å². The summed E-state index contributed by atoms with van der Waals surface area (Å²) in [6.07, 6.45) is 3.65. The number of anilines is 2. The third-order valence-electron chi connectivity index (χ3n) is 4.60. The molecule has 0 aliphatic carbocycles. The first-order valence-corrected chi connectivity index (χ1v) is 9.22. The van der Waals surface area contributed by atoms with Gasteiger partial charge in [0, 0.05) is 30.5 Å². The first kappa shape index (κ1) is 19.7. The summed E-state index contributed by atoms with van der Waals surface area (Å²) in [5.41, 5.74) is 1.48. The summed E-state index contributed by atoms with van der Waals surface area (Å²) >= 11 is 0. The molecule has 0 unspecified atom stereocenters. The Kier molecular flexibility index (Phi) is 6.47. The van der Waals surface area contributed by atoms with Crippen LogP contribution in [0.15, 0.2) is 42.5 Å². The molecule has 1 fully saturated rings. The first-order chi connectivity index (χ1) is 13.6. The van der Waals surface area contributed by atoms with Crippen molar-refractivity contribution in [2.75, 3.05) is 37.0 Å². The maximum Gasteiger partial charge on any atom is 0.341 e. The number of hydrogen-bond donors (Lipinski definition) is 1. The Hall–Kier alpha value is -3.09. The average molecular weight is 386 g/mol. The molecule has 0 radical (unpaired) electrons. The van der Waals surface area contributed by atoms with Crippen molar-refractivity contribution >= 4 is 23.3 Å². The Morgan fingerprint density at radius 2 is 1.79 bits per heavy atom. The van der Waals surface area contributed by atoms with E-state index in [1.54, 1.807) is 0 Å². The van der Waals surface area contributed by atoms with Gasteiger partial charge in [-0.1, -0.05) is 0 Å². The molecule has 0 bridgehead atoms. The molecular formula is C21H23FN2O4. The van der Waals surface area contributed by atoms with Gasteiger partial charge in [0.25, 0.3) is 5.91 Å². The van der Waals surface area contributed by atoms with Crippen molar-refractivity contribution in [3.63, 3.8) is 0 Å². The zero-order valence-corrected chi connectivity index (χ0v) is 15.7. The molecule has 1 saturated heterocycles. The molecule has 0 atom stereocenters. The fourth-order valence-corrected chi connectivity index (χ4v) is 3.10. The SMILES string of the molecule is COc1ccc(C(=O)OCC(=O)Nc2ccc(N3CCCCC3)cc2)c(F)c1. The summed E-state index contributed by atoms with van der Waals surface area (Å²) in [6, 6.07) is 11.3. The zero-order valence-electron chi connectivity index (χ0n) is 15.7. The van der Waals surface area contributed by atoms with Crippen LogP contribution in [-0.2, 0) is 9.53 Å². The monoisotopic (exact) mass is 386 g/mol. The molecule has 2 aromatic rings. The summed E-state index contributed by atoms with van der Waals surface area (Å²) in [6.45, 7) is 1.59. The summed E-state index contributed by atoms with van der Waals surface area (Å²) < 4.78 is 23.6. The quantitative estimate of drug-likeness (QED) is 0.768. The van der Waals surface area contributed by atoms with E-state index in [-0.39, 0.29) is 5.56 Å². The second kappa shape index (κ2) is 9.21. The number of esters is 1. The van der Waals surface area contributed by atoms with Gasteiger partial charge in [-0.3, -0.25) is 4.79 Å². The number of halogens is 1. The van der Waals surface area contributed by atoms with E-state index in [4.69, 9.17) is 9.47 Å². The largest absolute Gasteiger partial charge is 0.497 e. The highest BCUT2D eigenvalue weighted by Gasteiger charge is 2.16. The summed E-state index contributed by atoms with van der Waals surface area (Å²) in [5, 5.41) is 2.66. The first-order valence-electron chi connectivity index (χ1n) is 9.22. The number of amides is 1. The molecule has 3 rings (SSSR count). The molecule has 1 aliphatic heterocycles. The van der Waals surface area contributed by atoms with Crippen molar-refractivity contribution in [3.05, 3.63) is 53.8 Å². The predicted octanol–water partition coefficient (Wildman–Crippen LogP) is 3.62. The third-order valence-corrected chi connectivity index (χ3v) is 4.60. The van der Waals surface area contributed by atoms with E-state index >= 15 is 0 Å². The number of carbonyl (C=O) groups is 2. The normalized spacial score (nSPS) is 13.7. The second-order valence-electron chi connectivity index (χ2n) is 6.56. The number of methoxy groups -OCH3 is 1. The van der Waals surface area contributed by atoms with E-state index in [0.29, 0.717) is 11.4 Å². The molecular weight excluding hydrogens is 363 g/mol. The minimum atomic E-state index is -0.907. The average Bonchev–Trinajstić information content (AvgIpc) is 2.73. The van der Waals surface area contributed by atoms with Gasteiger partial charge in [-0.25, -0.2) is 9.18 Å². The van der Waals surface area contributed by atoms with Crippen LogP contribution in [0.4, 0.5) is 15.8 Å². The number of piperidine rings is 1. The molecule has 1 amide bonds. The molecule has 0 aromatic heterocycles. The molecule has 0 saturated carbocycles. The lowest BCUT2D eigenvalue weighted by molar-refractivity contribution is -0.119. The Bertz CT molecular complexity index is 833. The van der Waals surface area contributed by atoms with Crippen molar-refractivity contribution < 1.29 is 23.5 Å². The number of nitrogens with zero attached hydrogens (tertiary/aromatic N) is 1. The summed E-state index contributed by atoms with van der Waals surface area (Å²) in [7, 11) is 1.40. The number of carbonyl (C=O) groups excluding carboxylic acids is 2. The number of ether oxygens (including phenoxy) is 2. The molecule has 2 aromatic carbocycles. The van der Waals surface area contributed by atoms with Gasteiger partial charge in [-0.05, 0) is 55.7 Å². The molecule has 28 heavy (non-hydrogen) atoms. The second-order valence-corrected chi connectivity index (χ2v) is 6.56. The van der Waals surface area contributed by atoms with Crippen LogP contribution in [0.3, 0.4) is 0 Å². The van der Waals surface area contributed by atoms with Crippen LogP contribution in [0, 0.1) is 5.82 Å². The van der Waals surface area contributed by atoms with Gasteiger partial charge < -0.3 is 19.7 Å². The van der Waals surface area contributed by atoms with Crippen LogP contribution in [-0.4, -0.2) is 38.7 Å². The van der Waals surface area contributed by atoms with Crippen LogP contribution >= 0.6 is 0 Å². The zero-order chi connectivity index (χ0) is 19.9. The summed E-state index contributed by atoms with van der Waals surface area (Å²) in [4.78, 5) is 26.3. The van der Waals surface area contributed by atoms with Gasteiger partial charge in [0.05, 0.1) is 12.7 Å². The van der Waals surface area contributed by atoms with Gasteiger partial charge in [-0.15, -0.1) is 0 Å². The fourth-order valence-electron chi connectivity index (χ4n) is 3.10. The number of benzene rings is 2. The van der Waals surface area contributed by atoms with Crippen LogP contribution in [0.1, 0.15) is 29.6 Å². The lowest BCUT2D eigenvalue weighted by Gasteiger charge is -2.28. The summed E-state index contributed by atoms with van der Waals surface area (Å²) in [5.74, 6) is -1.87. The highest BCUT2D eigenvalue weighted by atomic mass is 19.1. The number of nitrogens with one attached hydrogen (secondary N) is 1. The molecule has 7 heteroatoms. The minimum Gasteiger partial charge on any atom is -0.497 e. The number of hydrogen-bond acceptors (Lipinski definition) is 5. The van der Waals surface area contributed by atoms with E-state index < -0.39 is 24.3 Å². The number of rotatable bonds is 6. The maximum absolute atomic E-state index is 13.9. The van der Waals surface area contributed by atoms with Crippen molar-refractivity contribution in [2.24, 2.45) is 0 Å². The van der Waals surface area contributed by atoms with Gasteiger partial charge in [0.1, 0.15) is 11.6 Å². The van der Waals surface area contributed by atoms with Gasteiger partial charge in [0.15, 0.2) is 6.61 Å². The molecule has 1 heterocycles. The Balaban J connectivity index is 1.50. The molecule has 1 N–H and O–H groups in total. The molecule has 1 aliphatic rings. The smallest absolute Gasteiger partial charge is 0.341 e. The lowest BCUT2D eigenvalue weighted by Crippen LogP contribution is -2.29. The maximum atomic E-state index is 13.9. The minimum absolute atomic E-state index is 0.250. The molecule has 6 nitrogen and oxygen atoms in total. The van der Waals surface area contributed by atoms with Crippen LogP contribution in [0.2, 0.25) is 0 Å². The van der Waals surface area contributed by atoms with Gasteiger partial charge in [-0.2, -0.15) is 0 Å². The standard InChI is InChI=1S/C21H23FN2O4/c1-27-17-9-10-18(19(22)13-17)21(26)28-14-20(25)23-15-5-7-16(8-6-15)24-11-3-2-4-12-24/h5-10,13H,2-4,11-12,14H2,1H3,(H,23,25). The third kappa shape index (κ3) is 5.00. The van der Waals surface area contributed by atoms with E-state index in [2.05, 4.69) is 10.2 Å². The van der Waals surface area contributed by atoms with E-state index in [1.165, 1.54) is 38.5 Å². The fraction of sp³-hybridized carbons (Fsp3) is 0.333. The van der Waals surface area contributed by atoms with Crippen LogP contribution in [0.25, 0.3) is 0 Å². The van der Waals surface area contributed by atoms with Crippen LogP contribution < -0.4 is 15.0 Å². The van der Waals surface area contributed by atoms with Gasteiger partial charge >= 0.3 is 5.97 Å². The molecule has 148 valence electrons. The van der Waals surface area contributed by atoms with Crippen molar-refractivity contribution in [1.82, 2.24) is 0 Å². The van der Waals surface area contributed by atoms with Gasteiger partial charge in [0.2, 0.25) is 0 Å². The topological polar surface area (TPSA) is 67.9 Å². The highest BCUT2D eigenvalue weighted by Crippen LogP contribution is 2.22. The van der Waals surface area contributed by atoms with Crippen molar-refractivity contribution in [2.45, 2.75) is 19.3 Å². The van der Waals surface area contributed by atoms with E-state index in [9.17, 15) is 14.0 Å². The Morgan fingerprint density at radius 3 is 2.43 bits per heavy atom. The Labute approximate surface area is 163 Å². The predicted molar refractivity (Wildman–Crippen MR) is 104 cm³/mol. The highest BCUT2D eigenvalue weighted by molar-refractivity contribution is 5.95. The molecule has 0 spiro atoms. The Morgan fingerprint density at radius 1 is 1.07 bits per heavy atom. The lowest BCUT2D eigenvalue weighted by atomic mass is 10.1. The van der Waals surface area contributed by atoms with Crippen molar-refractivity contribution in [3.8, 4) is 5.75 Å². The van der Waals surface area contributed by atoms with E-state index in [0.717, 1.165) is 24.8 Å². The van der Waals surface area contributed by atoms with E-state index in [1.807, 2.05) is 24.3 Å².